The van der Waals surface area contributed by atoms with Gasteiger partial charge >= 0.3 is 0 Å². The van der Waals surface area contributed by atoms with Gasteiger partial charge in [0.1, 0.15) is 0 Å². The lowest BCUT2D eigenvalue weighted by Gasteiger charge is -2.54. The van der Waals surface area contributed by atoms with Crippen LogP contribution in [0.15, 0.2) is 24.3 Å². The average molecular weight is 497 g/mol. The zero-order valence-electron chi connectivity index (χ0n) is 24.7. The summed E-state index contributed by atoms with van der Waals surface area (Å²) in [5.74, 6) is 9.08. The molecule has 5 rings (SSSR count). The first kappa shape index (κ1) is 26.2. The summed E-state index contributed by atoms with van der Waals surface area (Å²) < 4.78 is 0. The smallest absolute Gasteiger partial charge is 0.00570 e. The molecule has 35 heavy (non-hydrogen) atoms. The molecular weight excluding hydrogens is 440 g/mol. The SMILES string of the molecule is CC1CC2C(CC3CCCC3C2c2ccc(C(C)(C)C)cc2)C1S(C)(C)C1C(C)C(C)C(C)C1C. The third-order valence-electron chi connectivity index (χ3n) is 12.5. The van der Waals surface area contributed by atoms with Gasteiger partial charge < -0.3 is 0 Å². The fourth-order valence-corrected chi connectivity index (χ4v) is 16.3. The van der Waals surface area contributed by atoms with Crippen LogP contribution in [-0.2, 0) is 5.41 Å². The molecule has 11 atom stereocenters. The highest BCUT2D eigenvalue weighted by Gasteiger charge is 2.58. The monoisotopic (exact) mass is 496 g/mol. The highest BCUT2D eigenvalue weighted by molar-refractivity contribution is 8.33. The van der Waals surface area contributed by atoms with Crippen molar-refractivity contribution in [3.8, 4) is 0 Å². The summed E-state index contributed by atoms with van der Waals surface area (Å²) in [6, 6.07) is 10.1. The molecule has 0 spiro atoms. The van der Waals surface area contributed by atoms with Gasteiger partial charge in [-0.2, -0.15) is 0 Å². The molecule has 4 fully saturated rings. The van der Waals surface area contributed by atoms with E-state index in [2.05, 4.69) is 92.2 Å². The van der Waals surface area contributed by atoms with Crippen LogP contribution in [0.25, 0.3) is 0 Å². The van der Waals surface area contributed by atoms with Gasteiger partial charge in [0.2, 0.25) is 0 Å². The minimum absolute atomic E-state index is 0.243. The van der Waals surface area contributed by atoms with Crippen LogP contribution in [0.1, 0.15) is 105 Å². The maximum absolute atomic E-state index is 2.80. The summed E-state index contributed by atoms with van der Waals surface area (Å²) in [6.45, 7) is 20.1. The standard InChI is InChI=1S/C34H56S/c1-20-18-29-30(32(20)35(9,10)33-23(4)21(2)22(3)24(33)5)19-26-12-11-13-28(26)31(29)25-14-16-27(17-15-25)34(6,7)8/h14-17,20-24,26,28-33H,11-13,18-19H2,1-10H3. The predicted octanol–water partition coefficient (Wildman–Crippen LogP) is 9.52. The maximum atomic E-state index is 2.80. The Bertz CT molecular complexity index is 876. The molecule has 1 heteroatoms. The summed E-state index contributed by atoms with van der Waals surface area (Å²) in [5, 5.41) is 1.92. The molecule has 198 valence electrons. The molecule has 4 saturated carbocycles. The Hall–Kier alpha value is -0.430. The first-order valence-electron chi connectivity index (χ1n) is 15.2. The minimum Gasteiger partial charge on any atom is -0.240 e. The summed E-state index contributed by atoms with van der Waals surface area (Å²) in [5.41, 5.74) is 3.43. The molecule has 0 amide bonds. The lowest BCUT2D eigenvalue weighted by atomic mass is 9.62. The van der Waals surface area contributed by atoms with Gasteiger partial charge in [-0.05, 0) is 118 Å². The summed E-state index contributed by atoms with van der Waals surface area (Å²) in [7, 11) is -0.683. The molecule has 0 nitrogen and oxygen atoms in total. The maximum Gasteiger partial charge on any atom is -0.00570 e. The van der Waals surface area contributed by atoms with E-state index in [4.69, 9.17) is 0 Å². The van der Waals surface area contributed by atoms with E-state index in [1.807, 2.05) is 0 Å². The van der Waals surface area contributed by atoms with Crippen molar-refractivity contribution < 1.29 is 0 Å². The van der Waals surface area contributed by atoms with Crippen LogP contribution in [0.4, 0.5) is 0 Å². The van der Waals surface area contributed by atoms with Crippen LogP contribution in [0.3, 0.4) is 0 Å². The largest absolute Gasteiger partial charge is 0.240 e. The lowest BCUT2D eigenvalue weighted by Crippen LogP contribution is -2.42. The third-order valence-corrected chi connectivity index (χ3v) is 17.0. The molecule has 4 aliphatic carbocycles. The Morgan fingerprint density at radius 3 is 1.86 bits per heavy atom. The molecule has 1 aromatic rings. The Morgan fingerprint density at radius 1 is 0.686 bits per heavy atom. The van der Waals surface area contributed by atoms with Gasteiger partial charge in [-0.3, -0.25) is 0 Å². The minimum atomic E-state index is -0.683. The molecule has 4 aliphatic rings. The number of hydrogen-bond donors (Lipinski definition) is 0. The van der Waals surface area contributed by atoms with Crippen molar-refractivity contribution in [2.24, 2.45) is 53.3 Å². The normalized spacial score (nSPS) is 46.5. The van der Waals surface area contributed by atoms with Gasteiger partial charge in [0.15, 0.2) is 0 Å². The molecule has 0 bridgehead atoms. The van der Waals surface area contributed by atoms with E-state index in [1.54, 1.807) is 12.0 Å². The summed E-state index contributed by atoms with van der Waals surface area (Å²) in [6.07, 6.45) is 13.1. The van der Waals surface area contributed by atoms with Crippen molar-refractivity contribution in [2.45, 2.75) is 109 Å². The average Bonchev–Trinajstić information content (AvgIpc) is 3.43. The second-order valence-electron chi connectivity index (χ2n) is 15.4. The van der Waals surface area contributed by atoms with Crippen LogP contribution in [0.5, 0.6) is 0 Å². The zero-order chi connectivity index (χ0) is 25.4. The van der Waals surface area contributed by atoms with Crippen molar-refractivity contribution in [1.82, 2.24) is 0 Å². The number of fused-ring (bicyclic) bond motifs is 2. The van der Waals surface area contributed by atoms with Crippen LogP contribution in [-0.4, -0.2) is 23.0 Å². The Morgan fingerprint density at radius 2 is 1.29 bits per heavy atom. The molecule has 11 unspecified atom stereocenters. The van der Waals surface area contributed by atoms with E-state index in [1.165, 1.54) is 31.2 Å². The fraction of sp³-hybridized carbons (Fsp3) is 0.824. The molecule has 0 N–H and O–H groups in total. The molecule has 0 saturated heterocycles. The van der Waals surface area contributed by atoms with E-state index in [-0.39, 0.29) is 5.41 Å². The van der Waals surface area contributed by atoms with Gasteiger partial charge in [0.25, 0.3) is 0 Å². The number of benzene rings is 1. The zero-order valence-corrected chi connectivity index (χ0v) is 25.5. The second kappa shape index (κ2) is 9.10. The van der Waals surface area contributed by atoms with E-state index in [9.17, 15) is 0 Å². The molecule has 0 aliphatic heterocycles. The van der Waals surface area contributed by atoms with Crippen molar-refractivity contribution >= 4 is 10.0 Å². The summed E-state index contributed by atoms with van der Waals surface area (Å²) in [4.78, 5) is 0. The molecule has 0 aromatic heterocycles. The molecule has 1 aromatic carbocycles. The molecule has 0 radical (unpaired) electrons. The number of rotatable bonds is 3. The summed E-state index contributed by atoms with van der Waals surface area (Å²) >= 11 is 0. The van der Waals surface area contributed by atoms with Crippen molar-refractivity contribution in [2.75, 3.05) is 12.5 Å². The highest BCUT2D eigenvalue weighted by atomic mass is 32.3. The fourth-order valence-electron chi connectivity index (χ4n) is 10.7. The second-order valence-corrected chi connectivity index (χ2v) is 19.4. The van der Waals surface area contributed by atoms with Crippen molar-refractivity contribution in [3.63, 3.8) is 0 Å². The first-order chi connectivity index (χ1) is 16.3. The Balaban J connectivity index is 1.49. The van der Waals surface area contributed by atoms with Crippen LogP contribution in [0, 0.1) is 53.3 Å². The quantitative estimate of drug-likeness (QED) is 0.391. The van der Waals surface area contributed by atoms with E-state index < -0.39 is 10.0 Å². The van der Waals surface area contributed by atoms with Gasteiger partial charge in [0.05, 0.1) is 0 Å². The highest BCUT2D eigenvalue weighted by Crippen LogP contribution is 2.71. The molecular formula is C34H56S. The van der Waals surface area contributed by atoms with Crippen molar-refractivity contribution in [3.05, 3.63) is 35.4 Å². The Kier molecular flexibility index (Phi) is 6.81. The Labute approximate surface area is 220 Å². The van der Waals surface area contributed by atoms with Crippen molar-refractivity contribution in [1.29, 1.82) is 0 Å². The van der Waals surface area contributed by atoms with Gasteiger partial charge in [-0.15, -0.1) is 0 Å². The molecule has 0 heterocycles. The van der Waals surface area contributed by atoms with E-state index in [0.717, 1.165) is 69.7 Å². The first-order valence-corrected chi connectivity index (χ1v) is 17.7. The number of hydrogen-bond acceptors (Lipinski definition) is 0. The van der Waals surface area contributed by atoms with Gasteiger partial charge in [0, 0.05) is 0 Å². The third kappa shape index (κ3) is 4.17. The van der Waals surface area contributed by atoms with Crippen LogP contribution < -0.4 is 0 Å². The van der Waals surface area contributed by atoms with Gasteiger partial charge in [-0.25, -0.2) is 10.0 Å². The van der Waals surface area contributed by atoms with E-state index in [0.29, 0.717) is 0 Å². The predicted molar refractivity (Wildman–Crippen MR) is 158 cm³/mol. The lowest BCUT2D eigenvalue weighted by molar-refractivity contribution is 0.123. The van der Waals surface area contributed by atoms with Crippen LogP contribution >= 0.6 is 10.0 Å². The van der Waals surface area contributed by atoms with Gasteiger partial charge in [-0.1, -0.05) is 92.5 Å². The van der Waals surface area contributed by atoms with E-state index >= 15 is 0 Å². The topological polar surface area (TPSA) is 0 Å². The van der Waals surface area contributed by atoms with Crippen LogP contribution in [0.2, 0.25) is 0 Å².